The van der Waals surface area contributed by atoms with Crippen molar-refractivity contribution in [3.8, 4) is 0 Å². The van der Waals surface area contributed by atoms with Crippen molar-refractivity contribution in [3.05, 3.63) is 44.5 Å². The van der Waals surface area contributed by atoms with Gasteiger partial charge in [-0.1, -0.05) is 44.1 Å². The Morgan fingerprint density at radius 3 is 2.10 bits per heavy atom. The van der Waals surface area contributed by atoms with E-state index >= 15 is 0 Å². The molecule has 0 heterocycles. The molecule has 0 aliphatic rings. The molecule has 165 valence electrons. The number of unbranched alkanes of at least 4 members (excludes halogenated alkanes) is 5. The minimum Gasteiger partial charge on any atom is -0.386 e. The summed E-state index contributed by atoms with van der Waals surface area (Å²) in [7, 11) is 0. The standard InChI is InChI=1S/C20H33N2O7/c1-2-19(24)18(22(28)29)16-20(25)17(21(26)27)14-12-10-8-6-4-3-5-7-9-11-13-15-23/h4,6,10,12,17-20,24-25H,2-3,5,7-9,11,13-14,16H2,1H3/b6-4-,12-10-. The van der Waals surface area contributed by atoms with Crippen molar-refractivity contribution >= 4 is 6.29 Å². The van der Waals surface area contributed by atoms with Crippen LogP contribution in [0.4, 0.5) is 0 Å². The topological polar surface area (TPSA) is 144 Å². The molecule has 2 N–H and O–H groups in total. The number of hydrogen-bond acceptors (Lipinski definition) is 7. The molecule has 0 aliphatic heterocycles. The van der Waals surface area contributed by atoms with Gasteiger partial charge in [-0.25, -0.2) is 0 Å². The van der Waals surface area contributed by atoms with E-state index in [1.165, 1.54) is 0 Å². The average Bonchev–Trinajstić information content (AvgIpc) is 2.68. The molecule has 0 spiro atoms. The van der Waals surface area contributed by atoms with Crippen LogP contribution in [-0.4, -0.2) is 50.6 Å². The lowest BCUT2D eigenvalue weighted by Gasteiger charge is -2.19. The number of carbonyl (C=O) groups excluding carboxylic acids is 1. The fraction of sp³-hybridized carbons (Fsp3) is 0.750. The van der Waals surface area contributed by atoms with E-state index in [0.717, 1.165) is 32.1 Å². The first kappa shape index (κ1) is 26.9. The quantitative estimate of drug-likeness (QED) is 0.152. The Balaban J connectivity index is 4.32. The number of aliphatic hydroxyl groups excluding tert-OH is 2. The molecule has 29 heavy (non-hydrogen) atoms. The number of nitrogens with zero attached hydrogens (tertiary/aromatic N) is 2. The van der Waals surface area contributed by atoms with Crippen molar-refractivity contribution in [2.45, 2.75) is 95.4 Å². The zero-order chi connectivity index (χ0) is 22.1. The second kappa shape index (κ2) is 16.8. The van der Waals surface area contributed by atoms with Crippen LogP contribution in [0.3, 0.4) is 0 Å². The Hall–Kier alpha value is -2.13. The first-order valence-electron chi connectivity index (χ1n) is 10.1. The van der Waals surface area contributed by atoms with E-state index in [0.29, 0.717) is 12.8 Å². The third-order valence-corrected chi connectivity index (χ3v) is 4.71. The third-order valence-electron chi connectivity index (χ3n) is 4.71. The van der Waals surface area contributed by atoms with E-state index in [1.54, 1.807) is 19.1 Å². The molecule has 0 aromatic heterocycles. The van der Waals surface area contributed by atoms with Gasteiger partial charge in [-0.2, -0.15) is 0 Å². The van der Waals surface area contributed by atoms with Crippen molar-refractivity contribution in [2.24, 2.45) is 0 Å². The van der Waals surface area contributed by atoms with Crippen LogP contribution in [0.5, 0.6) is 0 Å². The molecule has 1 radical (unpaired) electrons. The van der Waals surface area contributed by atoms with Crippen LogP contribution in [0, 0.1) is 20.2 Å². The molecular formula is C20H33N2O7. The number of nitro groups is 2. The van der Waals surface area contributed by atoms with E-state index in [1.807, 2.05) is 18.4 Å². The summed E-state index contributed by atoms with van der Waals surface area (Å²) in [5.74, 6) is 0. The molecule has 9 heteroatoms. The Labute approximate surface area is 171 Å². The van der Waals surface area contributed by atoms with Crippen LogP contribution in [0.15, 0.2) is 24.3 Å². The van der Waals surface area contributed by atoms with Crippen LogP contribution in [0.2, 0.25) is 0 Å². The Bertz CT molecular complexity index is 537. The molecule has 4 unspecified atom stereocenters. The first-order chi connectivity index (χ1) is 13.8. The molecule has 0 saturated carbocycles. The van der Waals surface area contributed by atoms with Crippen LogP contribution < -0.4 is 0 Å². The van der Waals surface area contributed by atoms with Crippen LogP contribution in [0.25, 0.3) is 0 Å². The summed E-state index contributed by atoms with van der Waals surface area (Å²) in [5.41, 5.74) is 0. The van der Waals surface area contributed by atoms with Gasteiger partial charge in [0.2, 0.25) is 12.1 Å². The van der Waals surface area contributed by atoms with Crippen LogP contribution >= 0.6 is 0 Å². The Morgan fingerprint density at radius 2 is 1.52 bits per heavy atom. The highest BCUT2D eigenvalue weighted by molar-refractivity contribution is 5.50. The lowest BCUT2D eigenvalue weighted by atomic mass is 9.96. The number of hydrogen-bond donors (Lipinski definition) is 2. The van der Waals surface area contributed by atoms with Crippen molar-refractivity contribution in [3.63, 3.8) is 0 Å². The largest absolute Gasteiger partial charge is 0.386 e. The molecule has 0 rings (SSSR count). The minimum absolute atomic E-state index is 0.0393. The maximum atomic E-state index is 11.2. The molecular weight excluding hydrogens is 380 g/mol. The minimum atomic E-state index is -1.52. The van der Waals surface area contributed by atoms with E-state index in [-0.39, 0.29) is 12.8 Å². The van der Waals surface area contributed by atoms with E-state index in [9.17, 15) is 35.2 Å². The second-order valence-corrected chi connectivity index (χ2v) is 7.00. The van der Waals surface area contributed by atoms with E-state index < -0.39 is 40.6 Å². The van der Waals surface area contributed by atoms with Gasteiger partial charge >= 0.3 is 0 Å². The predicted molar refractivity (Wildman–Crippen MR) is 109 cm³/mol. The SMILES string of the molecule is CCC(O)C(CC(O)C(C/C=C\C/C=C\CCCCCC[C]=O)[N+](=O)[O-])[N+](=O)[O-]. The number of allylic oxidation sites excluding steroid dienone is 3. The highest BCUT2D eigenvalue weighted by atomic mass is 16.6. The van der Waals surface area contributed by atoms with E-state index in [2.05, 4.69) is 0 Å². The highest BCUT2D eigenvalue weighted by Crippen LogP contribution is 2.16. The number of aliphatic hydroxyl groups is 2. The molecule has 0 aromatic carbocycles. The van der Waals surface area contributed by atoms with Gasteiger partial charge in [0.25, 0.3) is 0 Å². The second-order valence-electron chi connectivity index (χ2n) is 7.00. The molecule has 0 aromatic rings. The van der Waals surface area contributed by atoms with Gasteiger partial charge in [0.1, 0.15) is 12.2 Å². The van der Waals surface area contributed by atoms with Crippen LogP contribution in [0.1, 0.15) is 71.1 Å². The zero-order valence-electron chi connectivity index (χ0n) is 17.0. The first-order valence-corrected chi connectivity index (χ1v) is 10.1. The Kier molecular flexibility index (Phi) is 15.6. The smallest absolute Gasteiger partial charge is 0.242 e. The van der Waals surface area contributed by atoms with Crippen LogP contribution in [-0.2, 0) is 4.79 Å². The summed E-state index contributed by atoms with van der Waals surface area (Å²) in [6.45, 7) is 1.57. The van der Waals surface area contributed by atoms with Crippen molar-refractivity contribution in [1.82, 2.24) is 0 Å². The molecule has 9 nitrogen and oxygen atoms in total. The maximum absolute atomic E-state index is 11.2. The summed E-state index contributed by atoms with van der Waals surface area (Å²) >= 11 is 0. The van der Waals surface area contributed by atoms with Crippen molar-refractivity contribution in [2.75, 3.05) is 0 Å². The predicted octanol–water partition coefficient (Wildman–Crippen LogP) is 3.14. The highest BCUT2D eigenvalue weighted by Gasteiger charge is 2.38. The maximum Gasteiger partial charge on any atom is 0.242 e. The molecule has 4 atom stereocenters. The summed E-state index contributed by atoms with van der Waals surface area (Å²) in [4.78, 5) is 31.0. The van der Waals surface area contributed by atoms with Gasteiger partial charge in [0.05, 0.1) is 6.42 Å². The van der Waals surface area contributed by atoms with Gasteiger partial charge in [-0.05, 0) is 32.1 Å². The third kappa shape index (κ3) is 12.8. The summed E-state index contributed by atoms with van der Waals surface area (Å²) in [6.07, 6.45) is 12.1. The van der Waals surface area contributed by atoms with Gasteiger partial charge < -0.3 is 10.2 Å². The lowest BCUT2D eigenvalue weighted by Crippen LogP contribution is -2.42. The fourth-order valence-electron chi connectivity index (χ4n) is 2.88. The van der Waals surface area contributed by atoms with Gasteiger partial charge in [0.15, 0.2) is 6.29 Å². The molecule has 0 amide bonds. The lowest BCUT2D eigenvalue weighted by molar-refractivity contribution is -0.553. The monoisotopic (exact) mass is 413 g/mol. The van der Waals surface area contributed by atoms with Crippen molar-refractivity contribution in [1.29, 1.82) is 0 Å². The average molecular weight is 413 g/mol. The zero-order valence-corrected chi connectivity index (χ0v) is 17.0. The van der Waals surface area contributed by atoms with Gasteiger partial charge in [-0.3, -0.25) is 25.0 Å². The van der Waals surface area contributed by atoms with E-state index in [4.69, 9.17) is 0 Å². The normalized spacial score (nSPS) is 16.0. The fourth-order valence-corrected chi connectivity index (χ4v) is 2.88. The molecule has 0 bridgehead atoms. The molecule has 0 aliphatic carbocycles. The van der Waals surface area contributed by atoms with Gasteiger partial charge in [-0.15, -0.1) is 0 Å². The molecule has 0 saturated heterocycles. The van der Waals surface area contributed by atoms with Gasteiger partial charge in [0, 0.05) is 22.7 Å². The summed E-state index contributed by atoms with van der Waals surface area (Å²) in [5, 5.41) is 42.0. The number of rotatable bonds is 18. The molecule has 0 fully saturated rings. The summed E-state index contributed by atoms with van der Waals surface area (Å²) < 4.78 is 0. The Morgan fingerprint density at radius 1 is 0.897 bits per heavy atom. The van der Waals surface area contributed by atoms with Crippen molar-refractivity contribution < 1.29 is 24.9 Å². The summed E-state index contributed by atoms with van der Waals surface area (Å²) in [6, 6.07) is -2.79.